The van der Waals surface area contributed by atoms with Crippen LogP contribution in [0.2, 0.25) is 5.02 Å². The van der Waals surface area contributed by atoms with E-state index in [1.165, 1.54) is 6.07 Å². The van der Waals surface area contributed by atoms with Gasteiger partial charge in [0.05, 0.1) is 4.92 Å². The Morgan fingerprint density at radius 3 is 2.59 bits per heavy atom. The predicted molar refractivity (Wildman–Crippen MR) is 94.6 cm³/mol. The van der Waals surface area contributed by atoms with Crippen molar-refractivity contribution < 1.29 is 4.92 Å². The average molecular weight is 369 g/mol. The summed E-state index contributed by atoms with van der Waals surface area (Å²) in [5, 5.41) is 14.8. The Kier molecular flexibility index (Phi) is 9.64. The van der Waals surface area contributed by atoms with Gasteiger partial charge in [0.1, 0.15) is 0 Å². The fourth-order valence-corrected chi connectivity index (χ4v) is 2.77. The molecular weight excluding hydrogens is 349 g/mol. The van der Waals surface area contributed by atoms with Crippen LogP contribution < -0.4 is 5.32 Å². The Labute approximate surface area is 147 Å². The number of rotatable bonds is 5. The van der Waals surface area contributed by atoms with Crippen molar-refractivity contribution in [3.05, 3.63) is 51.6 Å². The Morgan fingerprint density at radius 1 is 1.41 bits per heavy atom. The standard InChI is InChI=1S/C14H18ClN3O2.2ClH/c1-2-3-14(17-8-6-16-7-9-17)12-10-11(18(19)20)4-5-13(12)15;;/h2,4-5,10,14,16H,1,3,6-9H2;2*1H/t14-;;/m0../s1. The summed E-state index contributed by atoms with van der Waals surface area (Å²) in [5.41, 5.74) is 0.885. The van der Waals surface area contributed by atoms with Crippen LogP contribution in [0.15, 0.2) is 30.9 Å². The molecule has 1 aliphatic rings. The normalized spacial score (nSPS) is 16.0. The molecule has 1 aromatic rings. The molecule has 2 rings (SSSR count). The second-order valence-electron chi connectivity index (χ2n) is 4.79. The molecule has 1 aliphatic heterocycles. The lowest BCUT2D eigenvalue weighted by molar-refractivity contribution is -0.385. The molecule has 1 atom stereocenters. The van der Waals surface area contributed by atoms with E-state index in [9.17, 15) is 10.1 Å². The van der Waals surface area contributed by atoms with Crippen molar-refractivity contribution >= 4 is 42.1 Å². The van der Waals surface area contributed by atoms with Crippen LogP contribution in [0, 0.1) is 10.1 Å². The molecule has 0 bridgehead atoms. The first-order valence-corrected chi connectivity index (χ1v) is 7.00. The maximum Gasteiger partial charge on any atom is 0.269 e. The molecule has 1 N–H and O–H groups in total. The Bertz CT molecular complexity index is 508. The number of hydrogen-bond acceptors (Lipinski definition) is 4. The summed E-state index contributed by atoms with van der Waals surface area (Å²) in [7, 11) is 0. The first kappa shape index (κ1) is 21.1. The Balaban J connectivity index is 0.00000220. The van der Waals surface area contributed by atoms with Gasteiger partial charge >= 0.3 is 0 Å². The van der Waals surface area contributed by atoms with Gasteiger partial charge < -0.3 is 5.32 Å². The number of benzene rings is 1. The third-order valence-corrected chi connectivity index (χ3v) is 3.88. The molecule has 0 unspecified atom stereocenters. The van der Waals surface area contributed by atoms with Gasteiger partial charge in [0, 0.05) is 49.4 Å². The quantitative estimate of drug-likeness (QED) is 0.490. The van der Waals surface area contributed by atoms with E-state index in [0.29, 0.717) is 5.02 Å². The lowest BCUT2D eigenvalue weighted by Gasteiger charge is -2.35. The minimum absolute atomic E-state index is 0. The number of hydrogen-bond donors (Lipinski definition) is 1. The molecule has 0 radical (unpaired) electrons. The van der Waals surface area contributed by atoms with Crippen LogP contribution in [0.5, 0.6) is 0 Å². The summed E-state index contributed by atoms with van der Waals surface area (Å²) in [5.74, 6) is 0. The molecule has 0 aliphatic carbocycles. The molecule has 1 fully saturated rings. The Morgan fingerprint density at radius 2 is 2.05 bits per heavy atom. The van der Waals surface area contributed by atoms with Crippen molar-refractivity contribution in [1.82, 2.24) is 10.2 Å². The van der Waals surface area contributed by atoms with Gasteiger partial charge in [-0.05, 0) is 18.1 Å². The van der Waals surface area contributed by atoms with Gasteiger partial charge in [0.15, 0.2) is 0 Å². The smallest absolute Gasteiger partial charge is 0.269 e. The van der Waals surface area contributed by atoms with Crippen molar-refractivity contribution in [2.45, 2.75) is 12.5 Å². The van der Waals surface area contributed by atoms with Crippen LogP contribution in [0.4, 0.5) is 5.69 Å². The third-order valence-electron chi connectivity index (χ3n) is 3.53. The number of nitrogens with one attached hydrogen (secondary N) is 1. The topological polar surface area (TPSA) is 58.4 Å². The summed E-state index contributed by atoms with van der Waals surface area (Å²) >= 11 is 6.25. The SMILES string of the molecule is C=CC[C@@H](c1cc([N+](=O)[O-])ccc1Cl)N1CCNCC1.Cl.Cl. The van der Waals surface area contributed by atoms with Crippen molar-refractivity contribution in [3.8, 4) is 0 Å². The summed E-state index contributed by atoms with van der Waals surface area (Å²) in [6, 6.07) is 4.67. The molecular formula is C14H20Cl3N3O2. The van der Waals surface area contributed by atoms with E-state index >= 15 is 0 Å². The van der Waals surface area contributed by atoms with E-state index in [1.54, 1.807) is 12.1 Å². The van der Waals surface area contributed by atoms with E-state index in [0.717, 1.165) is 38.2 Å². The Hall–Kier alpha value is -0.850. The van der Waals surface area contributed by atoms with E-state index in [2.05, 4.69) is 16.8 Å². The first-order valence-electron chi connectivity index (χ1n) is 6.63. The molecule has 8 heteroatoms. The average Bonchev–Trinajstić information content (AvgIpc) is 2.46. The van der Waals surface area contributed by atoms with E-state index in [1.807, 2.05) is 6.08 Å². The lowest BCUT2D eigenvalue weighted by atomic mass is 10.0. The molecule has 1 heterocycles. The van der Waals surface area contributed by atoms with Crippen LogP contribution in [-0.2, 0) is 0 Å². The van der Waals surface area contributed by atoms with E-state index in [4.69, 9.17) is 11.6 Å². The fraction of sp³-hybridized carbons (Fsp3) is 0.429. The fourth-order valence-electron chi connectivity index (χ4n) is 2.52. The van der Waals surface area contributed by atoms with E-state index < -0.39 is 0 Å². The van der Waals surface area contributed by atoms with Crippen molar-refractivity contribution in [1.29, 1.82) is 0 Å². The molecule has 5 nitrogen and oxygen atoms in total. The summed E-state index contributed by atoms with van der Waals surface area (Å²) < 4.78 is 0. The molecule has 124 valence electrons. The summed E-state index contributed by atoms with van der Waals surface area (Å²) in [6.07, 6.45) is 2.56. The van der Waals surface area contributed by atoms with Gasteiger partial charge in [0.2, 0.25) is 0 Å². The van der Waals surface area contributed by atoms with Gasteiger partial charge in [-0.15, -0.1) is 31.4 Å². The minimum Gasteiger partial charge on any atom is -0.314 e. The zero-order chi connectivity index (χ0) is 14.5. The number of nitrogens with zero attached hydrogens (tertiary/aromatic N) is 2. The maximum atomic E-state index is 10.9. The van der Waals surface area contributed by atoms with Crippen molar-refractivity contribution in [2.24, 2.45) is 0 Å². The van der Waals surface area contributed by atoms with Crippen LogP contribution in [0.25, 0.3) is 0 Å². The van der Waals surface area contributed by atoms with Crippen LogP contribution in [0.3, 0.4) is 0 Å². The minimum atomic E-state index is -0.386. The number of nitro groups is 1. The molecule has 22 heavy (non-hydrogen) atoms. The monoisotopic (exact) mass is 367 g/mol. The highest BCUT2D eigenvalue weighted by Gasteiger charge is 2.24. The first-order chi connectivity index (χ1) is 9.63. The number of non-ortho nitro benzene ring substituents is 1. The highest BCUT2D eigenvalue weighted by atomic mass is 35.5. The molecule has 1 saturated heterocycles. The summed E-state index contributed by atoms with van der Waals surface area (Å²) in [4.78, 5) is 12.8. The van der Waals surface area contributed by atoms with Gasteiger partial charge in [0.25, 0.3) is 5.69 Å². The third kappa shape index (κ3) is 5.11. The lowest BCUT2D eigenvalue weighted by Crippen LogP contribution is -2.45. The second kappa shape index (κ2) is 10.0. The molecule has 0 saturated carbocycles. The molecule has 0 amide bonds. The van der Waals surface area contributed by atoms with Gasteiger partial charge in [-0.1, -0.05) is 17.7 Å². The van der Waals surface area contributed by atoms with Crippen LogP contribution in [0.1, 0.15) is 18.0 Å². The number of nitro benzene ring substituents is 1. The van der Waals surface area contributed by atoms with Crippen molar-refractivity contribution in [3.63, 3.8) is 0 Å². The van der Waals surface area contributed by atoms with E-state index in [-0.39, 0.29) is 41.5 Å². The zero-order valence-corrected chi connectivity index (χ0v) is 14.4. The largest absolute Gasteiger partial charge is 0.314 e. The predicted octanol–water partition coefficient (Wildman–Crippen LogP) is 3.61. The van der Waals surface area contributed by atoms with Crippen molar-refractivity contribution in [2.75, 3.05) is 26.2 Å². The molecule has 0 aromatic heterocycles. The summed E-state index contributed by atoms with van der Waals surface area (Å²) in [6.45, 7) is 7.42. The molecule has 0 spiro atoms. The van der Waals surface area contributed by atoms with Crippen LogP contribution in [-0.4, -0.2) is 36.0 Å². The van der Waals surface area contributed by atoms with Gasteiger partial charge in [-0.25, -0.2) is 0 Å². The zero-order valence-electron chi connectivity index (χ0n) is 12.0. The van der Waals surface area contributed by atoms with Gasteiger partial charge in [-0.3, -0.25) is 15.0 Å². The number of halogens is 3. The number of piperazine rings is 1. The highest BCUT2D eigenvalue weighted by Crippen LogP contribution is 2.33. The second-order valence-corrected chi connectivity index (χ2v) is 5.20. The molecule has 1 aromatic carbocycles. The van der Waals surface area contributed by atoms with Gasteiger partial charge in [-0.2, -0.15) is 0 Å². The van der Waals surface area contributed by atoms with Crippen LogP contribution >= 0.6 is 36.4 Å². The highest BCUT2D eigenvalue weighted by molar-refractivity contribution is 6.31. The maximum absolute atomic E-state index is 10.9.